The maximum Gasteiger partial charge on any atom is 0.188 e. The van der Waals surface area contributed by atoms with E-state index in [-0.39, 0.29) is 23.5 Å². The SMILES string of the molecule is COCOc1c(C(=C(C)C)C2c3ccccc3C3C=CC=C(C(C)(C)C)C32)cc(C)cc1C12CC3CC(CC(C3)C1)C2. The minimum atomic E-state index is 0.0903. The van der Waals surface area contributed by atoms with Crippen molar-refractivity contribution in [2.45, 2.75) is 97.3 Å². The highest BCUT2D eigenvalue weighted by Gasteiger charge is 2.53. The molecular formula is C40H50O2. The Kier molecular flexibility index (Phi) is 6.89. The van der Waals surface area contributed by atoms with Crippen LogP contribution in [-0.2, 0) is 10.2 Å². The summed E-state index contributed by atoms with van der Waals surface area (Å²) in [6.07, 6.45) is 15.5. The summed E-state index contributed by atoms with van der Waals surface area (Å²) in [5.41, 5.74) is 11.9. The van der Waals surface area contributed by atoms with E-state index < -0.39 is 0 Å². The third kappa shape index (κ3) is 4.47. The van der Waals surface area contributed by atoms with Crippen molar-refractivity contribution in [1.29, 1.82) is 0 Å². The largest absolute Gasteiger partial charge is 0.467 e. The van der Waals surface area contributed by atoms with E-state index in [0.717, 1.165) is 23.5 Å². The minimum absolute atomic E-state index is 0.0903. The van der Waals surface area contributed by atoms with Gasteiger partial charge in [0, 0.05) is 36.0 Å². The number of benzene rings is 2. The van der Waals surface area contributed by atoms with Crippen molar-refractivity contribution in [3.05, 3.63) is 93.6 Å². The van der Waals surface area contributed by atoms with E-state index in [9.17, 15) is 0 Å². The van der Waals surface area contributed by atoms with Crippen molar-refractivity contribution < 1.29 is 9.47 Å². The first kappa shape index (κ1) is 28.2. The van der Waals surface area contributed by atoms with Gasteiger partial charge >= 0.3 is 0 Å². The smallest absolute Gasteiger partial charge is 0.188 e. The highest BCUT2D eigenvalue weighted by atomic mass is 16.7. The normalized spacial score (nSPS) is 32.4. The molecule has 2 aromatic rings. The first-order chi connectivity index (χ1) is 20.1. The van der Waals surface area contributed by atoms with Crippen LogP contribution in [0.5, 0.6) is 5.75 Å². The van der Waals surface area contributed by atoms with E-state index in [1.54, 1.807) is 12.7 Å². The van der Waals surface area contributed by atoms with Crippen LogP contribution in [-0.4, -0.2) is 13.9 Å². The summed E-state index contributed by atoms with van der Waals surface area (Å²) in [6, 6.07) is 14.2. The van der Waals surface area contributed by atoms with Crippen LogP contribution in [0.3, 0.4) is 0 Å². The Morgan fingerprint density at radius 2 is 1.57 bits per heavy atom. The molecule has 4 fully saturated rings. The maximum absolute atomic E-state index is 6.79. The highest BCUT2D eigenvalue weighted by Crippen LogP contribution is 2.64. The van der Waals surface area contributed by atoms with Crippen LogP contribution in [0.15, 0.2) is 65.8 Å². The third-order valence-corrected chi connectivity index (χ3v) is 11.6. The van der Waals surface area contributed by atoms with Gasteiger partial charge in [0.1, 0.15) is 5.75 Å². The van der Waals surface area contributed by atoms with Crippen LogP contribution in [0.2, 0.25) is 0 Å². The molecule has 0 saturated heterocycles. The van der Waals surface area contributed by atoms with Gasteiger partial charge in [-0.25, -0.2) is 0 Å². The summed E-state index contributed by atoms with van der Waals surface area (Å²) in [5, 5.41) is 0. The van der Waals surface area contributed by atoms with Crippen molar-refractivity contribution in [2.75, 3.05) is 13.9 Å². The number of rotatable bonds is 6. The molecular weight excluding hydrogens is 512 g/mol. The molecule has 0 radical (unpaired) electrons. The standard InChI is InChI=1S/C40H50O2/c1-24(2)35(37-31-12-9-8-11-29(31)30-13-10-14-33(36(30)37)39(4,5)6)32-15-25(3)16-34(38(32)42-23-41-7)40-20-26-17-27(21-40)19-28(18-26)22-40/h8-16,26-28,30,36-37H,17-23H2,1-7H3. The number of aryl methyl sites for hydroxylation is 1. The van der Waals surface area contributed by atoms with Gasteiger partial charge in [-0.2, -0.15) is 0 Å². The summed E-state index contributed by atoms with van der Waals surface area (Å²) < 4.78 is 12.4. The van der Waals surface area contributed by atoms with Gasteiger partial charge in [-0.3, -0.25) is 0 Å². The number of hydrogen-bond donors (Lipinski definition) is 0. The molecule has 8 rings (SSSR count). The fourth-order valence-electron chi connectivity index (χ4n) is 10.6. The van der Waals surface area contributed by atoms with E-state index >= 15 is 0 Å². The number of hydrogen-bond acceptors (Lipinski definition) is 2. The van der Waals surface area contributed by atoms with E-state index in [1.165, 1.54) is 77.5 Å². The Labute approximate surface area is 254 Å². The van der Waals surface area contributed by atoms with Crippen LogP contribution in [0.4, 0.5) is 0 Å². The Balaban J connectivity index is 1.44. The molecule has 0 aliphatic heterocycles. The lowest BCUT2D eigenvalue weighted by molar-refractivity contribution is -0.00890. The van der Waals surface area contributed by atoms with Crippen molar-refractivity contribution >= 4 is 5.57 Å². The second-order valence-corrected chi connectivity index (χ2v) is 15.8. The lowest BCUT2D eigenvalue weighted by atomic mass is 9.47. The Bertz CT molecular complexity index is 1440. The van der Waals surface area contributed by atoms with Crippen LogP contribution in [0.25, 0.3) is 5.57 Å². The lowest BCUT2D eigenvalue weighted by Crippen LogP contribution is -2.48. The van der Waals surface area contributed by atoms with Gasteiger partial charge in [-0.15, -0.1) is 0 Å². The predicted octanol–water partition coefficient (Wildman–Crippen LogP) is 10.3. The topological polar surface area (TPSA) is 18.5 Å². The molecule has 2 aromatic carbocycles. The van der Waals surface area contributed by atoms with Crippen LogP contribution >= 0.6 is 0 Å². The Hall–Kier alpha value is -2.58. The van der Waals surface area contributed by atoms with Gasteiger partial charge in [-0.05, 0) is 116 Å². The average molecular weight is 563 g/mol. The quantitative estimate of drug-likeness (QED) is 0.326. The van der Waals surface area contributed by atoms with E-state index in [2.05, 4.69) is 96.2 Å². The van der Waals surface area contributed by atoms with E-state index in [1.807, 2.05) is 0 Å². The van der Waals surface area contributed by atoms with Crippen molar-refractivity contribution in [1.82, 2.24) is 0 Å². The number of fused-ring (bicyclic) bond motifs is 3. The molecule has 3 atom stereocenters. The molecule has 2 nitrogen and oxygen atoms in total. The summed E-state index contributed by atoms with van der Waals surface area (Å²) >= 11 is 0. The first-order valence-corrected chi connectivity index (χ1v) is 16.5. The summed E-state index contributed by atoms with van der Waals surface area (Å²) in [4.78, 5) is 0. The second kappa shape index (κ2) is 10.3. The number of ether oxygens (including phenoxy) is 2. The fraction of sp³-hybridized carbons (Fsp3) is 0.550. The molecule has 222 valence electrons. The molecule has 2 heteroatoms. The predicted molar refractivity (Wildman–Crippen MR) is 174 cm³/mol. The van der Waals surface area contributed by atoms with Gasteiger partial charge in [-0.1, -0.05) is 80.5 Å². The molecule has 6 aliphatic rings. The molecule has 0 aromatic heterocycles. The summed E-state index contributed by atoms with van der Waals surface area (Å²) in [7, 11) is 1.76. The van der Waals surface area contributed by atoms with Crippen LogP contribution in [0, 0.1) is 36.0 Å². The Morgan fingerprint density at radius 1 is 0.929 bits per heavy atom. The van der Waals surface area contributed by atoms with Crippen LogP contribution < -0.4 is 4.74 Å². The van der Waals surface area contributed by atoms with Gasteiger partial charge in [0.05, 0.1) is 0 Å². The zero-order valence-corrected chi connectivity index (χ0v) is 26.9. The van der Waals surface area contributed by atoms with Gasteiger partial charge < -0.3 is 9.47 Å². The Morgan fingerprint density at radius 3 is 2.17 bits per heavy atom. The molecule has 42 heavy (non-hydrogen) atoms. The molecule has 0 spiro atoms. The van der Waals surface area contributed by atoms with Crippen molar-refractivity contribution in [3.63, 3.8) is 0 Å². The zero-order chi connectivity index (χ0) is 29.4. The van der Waals surface area contributed by atoms with Gasteiger partial charge in [0.25, 0.3) is 0 Å². The van der Waals surface area contributed by atoms with Crippen molar-refractivity contribution in [3.8, 4) is 5.75 Å². The molecule has 0 heterocycles. The highest BCUT2D eigenvalue weighted by molar-refractivity contribution is 5.82. The molecule has 4 saturated carbocycles. The first-order valence-electron chi connectivity index (χ1n) is 16.5. The maximum atomic E-state index is 6.79. The van der Waals surface area contributed by atoms with Crippen LogP contribution in [0.1, 0.15) is 113 Å². The molecule has 3 unspecified atom stereocenters. The summed E-state index contributed by atoms with van der Waals surface area (Å²) in [5.74, 6) is 4.83. The third-order valence-electron chi connectivity index (χ3n) is 11.6. The molecule has 4 bridgehead atoms. The summed E-state index contributed by atoms with van der Waals surface area (Å²) in [6.45, 7) is 14.4. The second-order valence-electron chi connectivity index (χ2n) is 15.8. The minimum Gasteiger partial charge on any atom is -0.467 e. The lowest BCUT2D eigenvalue weighted by Gasteiger charge is -2.57. The van der Waals surface area contributed by atoms with Gasteiger partial charge in [0.15, 0.2) is 6.79 Å². The monoisotopic (exact) mass is 562 g/mol. The molecule has 0 N–H and O–H groups in total. The van der Waals surface area contributed by atoms with Crippen molar-refractivity contribution in [2.24, 2.45) is 29.1 Å². The number of allylic oxidation sites excluding steroid dienone is 6. The van der Waals surface area contributed by atoms with E-state index in [4.69, 9.17) is 9.47 Å². The fourth-order valence-corrected chi connectivity index (χ4v) is 10.6. The average Bonchev–Trinajstić information content (AvgIpc) is 3.25. The molecule has 6 aliphatic carbocycles. The molecule has 0 amide bonds. The van der Waals surface area contributed by atoms with Gasteiger partial charge in [0.2, 0.25) is 0 Å². The zero-order valence-electron chi connectivity index (χ0n) is 26.9. The van der Waals surface area contributed by atoms with E-state index in [0.29, 0.717) is 11.8 Å². The number of methoxy groups -OCH3 is 1.